The molecule has 112 valence electrons. The molecule has 4 amide bonds. The van der Waals surface area contributed by atoms with Gasteiger partial charge in [0.25, 0.3) is 11.8 Å². The fourth-order valence-corrected chi connectivity index (χ4v) is 2.37. The van der Waals surface area contributed by atoms with E-state index in [-0.39, 0.29) is 18.0 Å². The Morgan fingerprint density at radius 3 is 2.50 bits per heavy atom. The summed E-state index contributed by atoms with van der Waals surface area (Å²) < 4.78 is 5.50. The molecule has 2 aliphatic rings. The largest absolute Gasteiger partial charge is 0.492 e. The molecule has 7 heteroatoms. The van der Waals surface area contributed by atoms with E-state index < -0.39 is 23.8 Å². The summed E-state index contributed by atoms with van der Waals surface area (Å²) in [5.74, 6) is -2.14. The van der Waals surface area contributed by atoms with Gasteiger partial charge in [-0.3, -0.25) is 25.0 Å². The first-order chi connectivity index (χ1) is 10.5. The van der Waals surface area contributed by atoms with Gasteiger partial charge in [-0.15, -0.1) is 0 Å². The summed E-state index contributed by atoms with van der Waals surface area (Å²) in [4.78, 5) is 46.8. The van der Waals surface area contributed by atoms with E-state index in [2.05, 4.69) is 0 Å². The number of hydrogen-bond donors (Lipinski definition) is 2. The second-order valence-corrected chi connectivity index (χ2v) is 5.10. The summed E-state index contributed by atoms with van der Waals surface area (Å²) in [5, 5.41) is 3.92. The molecule has 0 spiro atoms. The van der Waals surface area contributed by atoms with Gasteiger partial charge < -0.3 is 4.74 Å². The summed E-state index contributed by atoms with van der Waals surface area (Å²) in [6.45, 7) is 1.89. The van der Waals surface area contributed by atoms with Gasteiger partial charge in [-0.25, -0.2) is 4.79 Å². The molecular weight excluding hydrogens is 288 g/mol. The number of ether oxygens (including phenoxy) is 1. The van der Waals surface area contributed by atoms with E-state index in [1.807, 2.05) is 23.6 Å². The third-order valence-corrected chi connectivity index (χ3v) is 3.47. The Labute approximate surface area is 125 Å². The number of urea groups is 1. The van der Waals surface area contributed by atoms with Crippen LogP contribution in [0.15, 0.2) is 29.8 Å². The summed E-state index contributed by atoms with van der Waals surface area (Å²) in [5.41, 5.74) is 1.06. The lowest BCUT2D eigenvalue weighted by Gasteiger charge is -2.23. The van der Waals surface area contributed by atoms with Crippen LogP contribution in [-0.2, 0) is 9.59 Å². The van der Waals surface area contributed by atoms with Gasteiger partial charge >= 0.3 is 6.03 Å². The van der Waals surface area contributed by atoms with Gasteiger partial charge in [0.15, 0.2) is 5.78 Å². The molecule has 22 heavy (non-hydrogen) atoms. The van der Waals surface area contributed by atoms with E-state index in [1.165, 1.54) is 6.08 Å². The lowest BCUT2D eigenvalue weighted by atomic mass is 9.91. The molecule has 2 aliphatic heterocycles. The van der Waals surface area contributed by atoms with E-state index in [4.69, 9.17) is 4.74 Å². The summed E-state index contributed by atoms with van der Waals surface area (Å²) in [7, 11) is 0. The zero-order valence-corrected chi connectivity index (χ0v) is 11.6. The van der Waals surface area contributed by atoms with Crippen LogP contribution >= 0.6 is 0 Å². The highest BCUT2D eigenvalue weighted by Crippen LogP contribution is 2.29. The number of hydrogen-bond acceptors (Lipinski definition) is 5. The van der Waals surface area contributed by atoms with Crippen molar-refractivity contribution in [2.45, 2.75) is 6.92 Å². The summed E-state index contributed by atoms with van der Waals surface area (Å²) in [6, 6.07) is 4.37. The monoisotopic (exact) mass is 300 g/mol. The highest BCUT2D eigenvalue weighted by atomic mass is 16.5. The Hall–Kier alpha value is -2.96. The van der Waals surface area contributed by atoms with Crippen molar-refractivity contribution >= 4 is 23.6 Å². The van der Waals surface area contributed by atoms with Crippen molar-refractivity contribution in [1.29, 1.82) is 0 Å². The molecule has 1 aromatic rings. The predicted molar refractivity (Wildman–Crippen MR) is 74.3 cm³/mol. The van der Waals surface area contributed by atoms with Crippen LogP contribution in [0.2, 0.25) is 0 Å². The average molecular weight is 300 g/mol. The molecule has 0 aliphatic carbocycles. The lowest BCUT2D eigenvalue weighted by molar-refractivity contribution is -0.124. The van der Waals surface area contributed by atoms with Crippen LogP contribution in [0.5, 0.6) is 5.75 Å². The van der Waals surface area contributed by atoms with E-state index >= 15 is 0 Å². The number of rotatable bonds is 1. The highest BCUT2D eigenvalue weighted by molar-refractivity contribution is 6.29. The first-order valence-electron chi connectivity index (χ1n) is 6.62. The van der Waals surface area contributed by atoms with Crippen molar-refractivity contribution in [2.24, 2.45) is 5.92 Å². The quantitative estimate of drug-likeness (QED) is 0.580. The van der Waals surface area contributed by atoms with Crippen LogP contribution in [-0.4, -0.2) is 30.2 Å². The molecule has 1 unspecified atom stereocenters. The van der Waals surface area contributed by atoms with Crippen LogP contribution in [0.25, 0.3) is 0 Å². The minimum Gasteiger partial charge on any atom is -0.492 e. The van der Waals surface area contributed by atoms with Crippen molar-refractivity contribution in [3.05, 3.63) is 41.0 Å². The predicted octanol–water partition coefficient (Wildman–Crippen LogP) is 0.479. The first-order valence-corrected chi connectivity index (χ1v) is 6.62. The molecule has 1 aromatic carbocycles. The SMILES string of the molecule is Cc1ccc2c(c1)C(=O)C(C=C1C(=O)NC(=O)NC1=O)CO2. The molecular formula is C15H12N2O5. The molecule has 2 heterocycles. The Morgan fingerprint density at radius 1 is 1.14 bits per heavy atom. The topological polar surface area (TPSA) is 102 Å². The number of nitrogens with one attached hydrogen (secondary N) is 2. The number of amides is 4. The first kappa shape index (κ1) is 14.0. The van der Waals surface area contributed by atoms with Gasteiger partial charge in [0.1, 0.15) is 17.9 Å². The molecule has 1 atom stereocenters. The molecule has 0 radical (unpaired) electrons. The zero-order valence-electron chi connectivity index (χ0n) is 11.6. The molecule has 0 bridgehead atoms. The second-order valence-electron chi connectivity index (χ2n) is 5.10. The van der Waals surface area contributed by atoms with Gasteiger partial charge in [0.05, 0.1) is 11.5 Å². The highest BCUT2D eigenvalue weighted by Gasteiger charge is 2.33. The van der Waals surface area contributed by atoms with Crippen LogP contribution in [0.3, 0.4) is 0 Å². The van der Waals surface area contributed by atoms with Crippen molar-refractivity contribution < 1.29 is 23.9 Å². The van der Waals surface area contributed by atoms with E-state index in [0.717, 1.165) is 5.56 Å². The third kappa shape index (κ3) is 2.37. The molecule has 0 aromatic heterocycles. The fraction of sp³-hybridized carbons (Fsp3) is 0.200. The van der Waals surface area contributed by atoms with Gasteiger partial charge in [0, 0.05) is 0 Å². The minimum absolute atomic E-state index is 0.0346. The Kier molecular flexibility index (Phi) is 3.25. The summed E-state index contributed by atoms with van der Waals surface area (Å²) in [6.07, 6.45) is 1.24. The van der Waals surface area contributed by atoms with Gasteiger partial charge in [-0.2, -0.15) is 0 Å². The lowest BCUT2D eigenvalue weighted by Crippen LogP contribution is -2.51. The number of fused-ring (bicyclic) bond motifs is 1. The minimum atomic E-state index is -0.876. The fourth-order valence-electron chi connectivity index (χ4n) is 2.37. The van der Waals surface area contributed by atoms with Crippen molar-refractivity contribution in [2.75, 3.05) is 6.61 Å². The van der Waals surface area contributed by atoms with E-state index in [1.54, 1.807) is 12.1 Å². The number of carbonyl (C=O) groups excluding carboxylic acids is 4. The van der Waals surface area contributed by atoms with Crippen LogP contribution in [0.4, 0.5) is 4.79 Å². The molecule has 1 fully saturated rings. The number of ketones is 1. The molecule has 3 rings (SSSR count). The third-order valence-electron chi connectivity index (χ3n) is 3.47. The molecule has 0 saturated carbocycles. The van der Waals surface area contributed by atoms with E-state index in [0.29, 0.717) is 11.3 Å². The second kappa shape index (κ2) is 5.10. The number of imide groups is 2. The standard InChI is InChI=1S/C15H12N2O5/c1-7-2-3-11-9(4-7)12(18)8(6-22-11)5-10-13(19)16-15(21)17-14(10)20/h2-5,8H,6H2,1H3,(H2,16,17,19,20,21). The molecule has 1 saturated heterocycles. The maximum Gasteiger partial charge on any atom is 0.328 e. The average Bonchev–Trinajstić information content (AvgIpc) is 2.45. The summed E-state index contributed by atoms with van der Waals surface area (Å²) >= 11 is 0. The maximum atomic E-state index is 12.5. The van der Waals surface area contributed by atoms with Gasteiger partial charge in [-0.05, 0) is 19.1 Å². The number of aryl methyl sites for hydroxylation is 1. The van der Waals surface area contributed by atoms with Crippen molar-refractivity contribution in [3.63, 3.8) is 0 Å². The smallest absolute Gasteiger partial charge is 0.328 e. The van der Waals surface area contributed by atoms with Gasteiger partial charge in [0.2, 0.25) is 0 Å². The Balaban J connectivity index is 1.92. The van der Waals surface area contributed by atoms with Gasteiger partial charge in [-0.1, -0.05) is 17.7 Å². The molecule has 7 nitrogen and oxygen atoms in total. The zero-order chi connectivity index (χ0) is 15.9. The van der Waals surface area contributed by atoms with Crippen molar-refractivity contribution in [1.82, 2.24) is 10.6 Å². The van der Waals surface area contributed by atoms with Crippen LogP contribution in [0.1, 0.15) is 15.9 Å². The number of Topliss-reactive ketones (excluding diaryl/α,β-unsaturated/α-hetero) is 1. The Bertz CT molecular complexity index is 728. The van der Waals surface area contributed by atoms with Crippen molar-refractivity contribution in [3.8, 4) is 5.75 Å². The number of carbonyl (C=O) groups is 4. The molecule has 2 N–H and O–H groups in total. The van der Waals surface area contributed by atoms with Crippen LogP contribution in [0, 0.1) is 12.8 Å². The normalized spacial score (nSPS) is 20.8. The number of benzene rings is 1. The maximum absolute atomic E-state index is 12.5. The van der Waals surface area contributed by atoms with Crippen LogP contribution < -0.4 is 15.4 Å². The van der Waals surface area contributed by atoms with E-state index in [9.17, 15) is 19.2 Å². The number of barbiturate groups is 1. The Morgan fingerprint density at radius 2 is 1.82 bits per heavy atom.